The molecule has 1 aromatic heterocycles. The van der Waals surface area contributed by atoms with Gasteiger partial charge in [0, 0.05) is 18.0 Å². The van der Waals surface area contributed by atoms with E-state index in [0.29, 0.717) is 0 Å². The van der Waals surface area contributed by atoms with Crippen LogP contribution in [0.1, 0.15) is 11.3 Å². The van der Waals surface area contributed by atoms with Crippen LogP contribution in [0.4, 0.5) is 0 Å². The Morgan fingerprint density at radius 1 is 1.24 bits per heavy atom. The Kier molecular flexibility index (Phi) is 4.35. The summed E-state index contributed by atoms with van der Waals surface area (Å²) < 4.78 is 26.1. The number of rotatable bonds is 4. The standard InChI is InChI=1S/C12H15NO6S2/c1-7-2-3-10(20-7)21(18,19)13-5-4-8(11(14)15)9(6-13)12(16)17/h2-3,8-9H,4-6H2,1H3,(H,14,15)(H,16,17). The Labute approximate surface area is 125 Å². The van der Waals surface area contributed by atoms with Gasteiger partial charge in [0.2, 0.25) is 0 Å². The molecule has 0 spiro atoms. The molecule has 0 aromatic carbocycles. The largest absolute Gasteiger partial charge is 0.481 e. The number of piperidine rings is 1. The van der Waals surface area contributed by atoms with Gasteiger partial charge in [0.1, 0.15) is 4.21 Å². The van der Waals surface area contributed by atoms with E-state index in [1.165, 1.54) is 6.07 Å². The number of carbonyl (C=O) groups is 2. The Morgan fingerprint density at radius 3 is 2.33 bits per heavy atom. The predicted octanol–water partition coefficient (Wildman–Crippen LogP) is 0.853. The number of thiophene rings is 1. The smallest absolute Gasteiger partial charge is 0.308 e. The lowest BCUT2D eigenvalue weighted by Gasteiger charge is -2.33. The lowest BCUT2D eigenvalue weighted by atomic mass is 9.86. The Balaban J connectivity index is 2.27. The monoisotopic (exact) mass is 333 g/mol. The van der Waals surface area contributed by atoms with Gasteiger partial charge in [-0.1, -0.05) is 0 Å². The number of carboxylic acid groups (broad SMARTS) is 2. The quantitative estimate of drug-likeness (QED) is 0.845. The first-order valence-corrected chi connectivity index (χ1v) is 8.51. The van der Waals surface area contributed by atoms with Crippen LogP contribution in [0.2, 0.25) is 0 Å². The topological polar surface area (TPSA) is 112 Å². The zero-order chi connectivity index (χ0) is 15.8. The average Bonchev–Trinajstić information content (AvgIpc) is 2.85. The summed E-state index contributed by atoms with van der Waals surface area (Å²) in [5.41, 5.74) is 0. The zero-order valence-electron chi connectivity index (χ0n) is 11.2. The summed E-state index contributed by atoms with van der Waals surface area (Å²) in [5, 5.41) is 18.2. The minimum atomic E-state index is -3.76. The highest BCUT2D eigenvalue weighted by molar-refractivity contribution is 7.91. The maximum atomic E-state index is 12.4. The second-order valence-electron chi connectivity index (χ2n) is 4.91. The Hall–Kier alpha value is -1.45. The third-order valence-electron chi connectivity index (χ3n) is 3.52. The van der Waals surface area contributed by atoms with Crippen molar-refractivity contribution < 1.29 is 28.2 Å². The molecule has 1 aromatic rings. The van der Waals surface area contributed by atoms with Crippen LogP contribution >= 0.6 is 11.3 Å². The van der Waals surface area contributed by atoms with Crippen LogP contribution in [0.3, 0.4) is 0 Å². The number of carboxylic acids is 2. The fourth-order valence-electron chi connectivity index (χ4n) is 2.36. The molecule has 0 aliphatic carbocycles. The average molecular weight is 333 g/mol. The Morgan fingerprint density at radius 2 is 1.86 bits per heavy atom. The summed E-state index contributed by atoms with van der Waals surface area (Å²) in [5.74, 6) is -4.78. The second kappa shape index (κ2) is 5.74. The minimum absolute atomic E-state index is 0.00408. The van der Waals surface area contributed by atoms with Crippen molar-refractivity contribution in [2.45, 2.75) is 17.6 Å². The Bertz CT molecular complexity index is 665. The van der Waals surface area contributed by atoms with Crippen LogP contribution in [0.5, 0.6) is 0 Å². The molecule has 21 heavy (non-hydrogen) atoms. The van der Waals surface area contributed by atoms with Gasteiger partial charge >= 0.3 is 11.9 Å². The summed E-state index contributed by atoms with van der Waals surface area (Å²) in [7, 11) is -3.76. The van der Waals surface area contributed by atoms with Gasteiger partial charge in [0.25, 0.3) is 10.0 Å². The third-order valence-corrected chi connectivity index (χ3v) is 6.85. The molecule has 1 fully saturated rings. The summed E-state index contributed by atoms with van der Waals surface area (Å²) in [6, 6.07) is 3.16. The van der Waals surface area contributed by atoms with E-state index < -0.39 is 33.8 Å². The van der Waals surface area contributed by atoms with Gasteiger partial charge in [-0.15, -0.1) is 11.3 Å². The first kappa shape index (κ1) is 15.9. The van der Waals surface area contributed by atoms with Crippen molar-refractivity contribution in [2.75, 3.05) is 13.1 Å². The zero-order valence-corrected chi connectivity index (χ0v) is 12.9. The van der Waals surface area contributed by atoms with E-state index in [1.807, 2.05) is 0 Å². The predicted molar refractivity (Wildman–Crippen MR) is 74.7 cm³/mol. The molecule has 0 bridgehead atoms. The van der Waals surface area contributed by atoms with Crippen LogP contribution in [0.25, 0.3) is 0 Å². The number of aryl methyl sites for hydroxylation is 1. The van der Waals surface area contributed by atoms with Crippen LogP contribution < -0.4 is 0 Å². The molecule has 1 aliphatic heterocycles. The normalized spacial score (nSPS) is 23.9. The third kappa shape index (κ3) is 3.09. The van der Waals surface area contributed by atoms with E-state index in [1.54, 1.807) is 13.0 Å². The molecule has 9 heteroatoms. The van der Waals surface area contributed by atoms with Crippen LogP contribution in [-0.4, -0.2) is 48.0 Å². The van der Waals surface area contributed by atoms with E-state index in [9.17, 15) is 18.0 Å². The van der Waals surface area contributed by atoms with E-state index >= 15 is 0 Å². The van der Waals surface area contributed by atoms with E-state index in [4.69, 9.17) is 10.2 Å². The van der Waals surface area contributed by atoms with Crippen LogP contribution in [0.15, 0.2) is 16.3 Å². The molecule has 1 saturated heterocycles. The number of hydrogen-bond donors (Lipinski definition) is 2. The summed E-state index contributed by atoms with van der Waals surface area (Å²) in [6.07, 6.45) is -0.00408. The molecule has 2 rings (SSSR count). The molecule has 2 atom stereocenters. The molecule has 0 radical (unpaired) electrons. The highest BCUT2D eigenvalue weighted by atomic mass is 32.2. The van der Waals surface area contributed by atoms with Gasteiger partial charge < -0.3 is 10.2 Å². The molecule has 7 nitrogen and oxygen atoms in total. The second-order valence-corrected chi connectivity index (χ2v) is 8.36. The molecule has 0 saturated carbocycles. The highest BCUT2D eigenvalue weighted by Crippen LogP contribution is 2.31. The van der Waals surface area contributed by atoms with Crippen molar-refractivity contribution in [1.29, 1.82) is 0 Å². The fourth-order valence-corrected chi connectivity index (χ4v) is 5.28. The van der Waals surface area contributed by atoms with E-state index in [-0.39, 0.29) is 23.7 Å². The first-order chi connectivity index (χ1) is 9.73. The molecule has 2 unspecified atom stereocenters. The van der Waals surface area contributed by atoms with Gasteiger partial charge in [-0.25, -0.2) is 8.42 Å². The van der Waals surface area contributed by atoms with Gasteiger partial charge in [0.15, 0.2) is 0 Å². The van der Waals surface area contributed by atoms with Gasteiger partial charge in [0.05, 0.1) is 11.8 Å². The van der Waals surface area contributed by atoms with Crippen molar-refractivity contribution in [3.05, 3.63) is 17.0 Å². The molecular weight excluding hydrogens is 318 g/mol. The lowest BCUT2D eigenvalue weighted by molar-refractivity contribution is -0.156. The SMILES string of the molecule is Cc1ccc(S(=O)(=O)N2CCC(C(=O)O)C(C(=O)O)C2)s1. The van der Waals surface area contributed by atoms with Gasteiger partial charge in [-0.3, -0.25) is 9.59 Å². The van der Waals surface area contributed by atoms with E-state index in [2.05, 4.69) is 0 Å². The van der Waals surface area contributed by atoms with Crippen molar-refractivity contribution in [3.8, 4) is 0 Å². The van der Waals surface area contributed by atoms with Crippen LogP contribution in [-0.2, 0) is 19.6 Å². The minimum Gasteiger partial charge on any atom is -0.481 e. The maximum absolute atomic E-state index is 12.4. The number of nitrogens with zero attached hydrogens (tertiary/aromatic N) is 1. The molecular formula is C12H15NO6S2. The molecule has 2 heterocycles. The van der Waals surface area contributed by atoms with Gasteiger partial charge in [-0.2, -0.15) is 4.31 Å². The van der Waals surface area contributed by atoms with Crippen LogP contribution in [0, 0.1) is 18.8 Å². The van der Waals surface area contributed by atoms with Crippen molar-refractivity contribution in [2.24, 2.45) is 11.8 Å². The highest BCUT2D eigenvalue weighted by Gasteiger charge is 2.42. The molecule has 1 aliphatic rings. The molecule has 0 amide bonds. The van der Waals surface area contributed by atoms with Crippen molar-refractivity contribution >= 4 is 33.3 Å². The fraction of sp³-hybridized carbons (Fsp3) is 0.500. The van der Waals surface area contributed by atoms with Crippen molar-refractivity contribution in [3.63, 3.8) is 0 Å². The number of aliphatic carboxylic acids is 2. The molecule has 116 valence electrons. The molecule has 2 N–H and O–H groups in total. The summed E-state index contributed by atoms with van der Waals surface area (Å²) in [6.45, 7) is 1.48. The maximum Gasteiger partial charge on any atom is 0.308 e. The summed E-state index contributed by atoms with van der Waals surface area (Å²) in [4.78, 5) is 23.1. The first-order valence-electron chi connectivity index (χ1n) is 6.25. The summed E-state index contributed by atoms with van der Waals surface area (Å²) >= 11 is 1.11. The number of hydrogen-bond acceptors (Lipinski definition) is 5. The number of sulfonamides is 1. The van der Waals surface area contributed by atoms with Gasteiger partial charge in [-0.05, 0) is 25.5 Å². The van der Waals surface area contributed by atoms with E-state index in [0.717, 1.165) is 20.5 Å². The lowest BCUT2D eigenvalue weighted by Crippen LogP contribution is -2.48. The van der Waals surface area contributed by atoms with Crippen molar-refractivity contribution in [1.82, 2.24) is 4.31 Å².